The molecule has 1 N–H and O–H groups in total. The number of nitrogens with zero attached hydrogens (tertiary/aromatic N) is 1. The molecule has 2 aromatic carbocycles. The van der Waals surface area contributed by atoms with E-state index in [1.807, 2.05) is 55.5 Å². The van der Waals surface area contributed by atoms with Gasteiger partial charge < -0.3 is 15.0 Å². The molecule has 0 fully saturated rings. The smallest absolute Gasteiger partial charge is 0.316 e. The molecular formula is C20H22N2O3. The summed E-state index contributed by atoms with van der Waals surface area (Å²) in [5, 5.41) is 2.72. The molecule has 5 nitrogen and oxygen atoms in total. The lowest BCUT2D eigenvalue weighted by Crippen LogP contribution is -2.46. The van der Waals surface area contributed by atoms with Crippen LogP contribution in [0.2, 0.25) is 0 Å². The Hall–Kier alpha value is -2.82. The molecule has 1 unspecified atom stereocenters. The van der Waals surface area contributed by atoms with Gasteiger partial charge in [0.25, 0.3) is 0 Å². The van der Waals surface area contributed by atoms with E-state index >= 15 is 0 Å². The summed E-state index contributed by atoms with van der Waals surface area (Å²) in [7, 11) is 1.62. The molecule has 0 saturated heterocycles. The van der Waals surface area contributed by atoms with Gasteiger partial charge in [-0.05, 0) is 43.0 Å². The molecule has 0 bridgehead atoms. The monoisotopic (exact) mass is 338 g/mol. The Balaban J connectivity index is 1.61. The van der Waals surface area contributed by atoms with Gasteiger partial charge in [-0.1, -0.05) is 36.4 Å². The zero-order valence-electron chi connectivity index (χ0n) is 14.5. The Kier molecular flexibility index (Phi) is 5.03. The van der Waals surface area contributed by atoms with E-state index in [9.17, 15) is 9.59 Å². The maximum Gasteiger partial charge on any atom is 0.316 e. The summed E-state index contributed by atoms with van der Waals surface area (Å²) in [5.74, 6) is -0.291. The quantitative estimate of drug-likeness (QED) is 0.871. The van der Waals surface area contributed by atoms with Crippen LogP contribution >= 0.6 is 0 Å². The van der Waals surface area contributed by atoms with Gasteiger partial charge in [0.2, 0.25) is 0 Å². The van der Waals surface area contributed by atoms with Gasteiger partial charge in [0, 0.05) is 18.3 Å². The average molecular weight is 338 g/mol. The number of amides is 2. The van der Waals surface area contributed by atoms with E-state index in [0.29, 0.717) is 13.0 Å². The molecule has 5 heteroatoms. The maximum atomic E-state index is 12.6. The van der Waals surface area contributed by atoms with E-state index in [4.69, 9.17) is 4.74 Å². The first-order valence-electron chi connectivity index (χ1n) is 8.43. The number of anilines is 1. The molecule has 130 valence electrons. The number of fused-ring (bicyclic) bond motifs is 1. The molecule has 2 aromatic rings. The highest BCUT2D eigenvalue weighted by Gasteiger charge is 2.33. The lowest BCUT2D eigenvalue weighted by Gasteiger charge is -2.22. The van der Waals surface area contributed by atoms with Gasteiger partial charge in [0.15, 0.2) is 0 Å². The van der Waals surface area contributed by atoms with Crippen LogP contribution in [0.4, 0.5) is 5.69 Å². The fraction of sp³-hybridized carbons (Fsp3) is 0.300. The van der Waals surface area contributed by atoms with E-state index in [1.54, 1.807) is 12.0 Å². The molecule has 0 saturated carbocycles. The topological polar surface area (TPSA) is 58.6 Å². The molecule has 1 aliphatic heterocycles. The molecular weight excluding hydrogens is 316 g/mol. The Bertz CT molecular complexity index is 788. The molecule has 1 heterocycles. The molecule has 3 rings (SSSR count). The summed E-state index contributed by atoms with van der Waals surface area (Å²) in [6, 6.07) is 15.4. The van der Waals surface area contributed by atoms with Crippen molar-refractivity contribution in [1.29, 1.82) is 0 Å². The second-order valence-corrected chi connectivity index (χ2v) is 6.17. The van der Waals surface area contributed by atoms with Crippen LogP contribution in [-0.2, 0) is 22.4 Å². The molecule has 0 aliphatic carbocycles. The molecule has 2 amide bonds. The SMILES string of the molecule is COc1ccccc1CCNC(=O)C(=O)N1c2ccccc2CC1C. The minimum Gasteiger partial charge on any atom is -0.496 e. The van der Waals surface area contributed by atoms with Crippen molar-refractivity contribution in [2.45, 2.75) is 25.8 Å². The van der Waals surface area contributed by atoms with Crippen LogP contribution in [0.3, 0.4) is 0 Å². The second kappa shape index (κ2) is 7.38. The molecule has 0 radical (unpaired) electrons. The predicted octanol–water partition coefficient (Wildman–Crippen LogP) is 2.33. The molecule has 25 heavy (non-hydrogen) atoms. The number of nitrogens with one attached hydrogen (secondary N) is 1. The van der Waals surface area contributed by atoms with Crippen LogP contribution < -0.4 is 15.0 Å². The number of carbonyl (C=O) groups excluding carboxylic acids is 2. The van der Waals surface area contributed by atoms with Crippen molar-refractivity contribution in [1.82, 2.24) is 5.32 Å². The van der Waals surface area contributed by atoms with Gasteiger partial charge in [-0.15, -0.1) is 0 Å². The first kappa shape index (κ1) is 17.0. The predicted molar refractivity (Wildman–Crippen MR) is 96.8 cm³/mol. The summed E-state index contributed by atoms with van der Waals surface area (Å²) in [6.07, 6.45) is 1.38. The fourth-order valence-electron chi connectivity index (χ4n) is 3.28. The third kappa shape index (κ3) is 3.50. The van der Waals surface area contributed by atoms with E-state index in [1.165, 1.54) is 0 Å². The van der Waals surface area contributed by atoms with E-state index in [2.05, 4.69) is 5.32 Å². The standard InChI is InChI=1S/C20H22N2O3/c1-14-13-16-8-3-5-9-17(16)22(14)20(24)19(23)21-12-11-15-7-4-6-10-18(15)25-2/h3-10,14H,11-13H2,1-2H3,(H,21,23). The highest BCUT2D eigenvalue weighted by molar-refractivity contribution is 6.40. The van der Waals surface area contributed by atoms with Crippen LogP contribution in [0.15, 0.2) is 48.5 Å². The summed E-state index contributed by atoms with van der Waals surface area (Å²) in [5.41, 5.74) is 2.93. The summed E-state index contributed by atoms with van der Waals surface area (Å²) >= 11 is 0. The van der Waals surface area contributed by atoms with E-state index < -0.39 is 11.8 Å². The second-order valence-electron chi connectivity index (χ2n) is 6.17. The van der Waals surface area contributed by atoms with Gasteiger partial charge in [-0.25, -0.2) is 0 Å². The van der Waals surface area contributed by atoms with Crippen LogP contribution in [0.5, 0.6) is 5.75 Å². The van der Waals surface area contributed by atoms with Crippen molar-refractivity contribution in [2.24, 2.45) is 0 Å². The van der Waals surface area contributed by atoms with Crippen LogP contribution in [0, 0.1) is 0 Å². The summed E-state index contributed by atoms with van der Waals surface area (Å²) < 4.78 is 5.30. The van der Waals surface area contributed by atoms with Crippen molar-refractivity contribution < 1.29 is 14.3 Å². The summed E-state index contributed by atoms with van der Waals surface area (Å²) in [4.78, 5) is 26.5. The highest BCUT2D eigenvalue weighted by atomic mass is 16.5. The number of methoxy groups -OCH3 is 1. The minimum atomic E-state index is -0.571. The third-order valence-electron chi connectivity index (χ3n) is 4.49. The van der Waals surface area contributed by atoms with Gasteiger partial charge in [0.05, 0.1) is 7.11 Å². The number of hydrogen-bond donors (Lipinski definition) is 1. The Morgan fingerprint density at radius 2 is 1.88 bits per heavy atom. The van der Waals surface area contributed by atoms with Gasteiger partial charge in [-0.3, -0.25) is 9.59 Å². The highest BCUT2D eigenvalue weighted by Crippen LogP contribution is 2.31. The van der Waals surface area contributed by atoms with Crippen molar-refractivity contribution in [2.75, 3.05) is 18.6 Å². The first-order valence-corrected chi connectivity index (χ1v) is 8.43. The number of hydrogen-bond acceptors (Lipinski definition) is 3. The zero-order valence-corrected chi connectivity index (χ0v) is 14.5. The fourth-order valence-corrected chi connectivity index (χ4v) is 3.28. The Morgan fingerprint density at radius 1 is 1.16 bits per heavy atom. The number of carbonyl (C=O) groups is 2. The molecule has 0 aromatic heterocycles. The average Bonchev–Trinajstić information content (AvgIpc) is 2.97. The Labute approximate surface area is 147 Å². The summed E-state index contributed by atoms with van der Waals surface area (Å²) in [6.45, 7) is 2.34. The molecule has 0 spiro atoms. The third-order valence-corrected chi connectivity index (χ3v) is 4.49. The van der Waals surface area contributed by atoms with Gasteiger partial charge in [-0.2, -0.15) is 0 Å². The van der Waals surface area contributed by atoms with Crippen molar-refractivity contribution in [3.05, 3.63) is 59.7 Å². The number of ether oxygens (including phenoxy) is 1. The van der Waals surface area contributed by atoms with Gasteiger partial charge in [0.1, 0.15) is 5.75 Å². The normalized spacial score (nSPS) is 15.6. The van der Waals surface area contributed by atoms with E-state index in [0.717, 1.165) is 29.0 Å². The zero-order chi connectivity index (χ0) is 17.8. The van der Waals surface area contributed by atoms with Crippen molar-refractivity contribution in [3.8, 4) is 5.75 Å². The maximum absolute atomic E-state index is 12.6. The van der Waals surface area contributed by atoms with E-state index in [-0.39, 0.29) is 6.04 Å². The lowest BCUT2D eigenvalue weighted by atomic mass is 10.1. The Morgan fingerprint density at radius 3 is 2.68 bits per heavy atom. The molecule has 1 atom stereocenters. The van der Waals surface area contributed by atoms with Crippen LogP contribution in [0.1, 0.15) is 18.1 Å². The number of benzene rings is 2. The first-order chi connectivity index (χ1) is 12.1. The van der Waals surface area contributed by atoms with Crippen LogP contribution in [0.25, 0.3) is 0 Å². The minimum absolute atomic E-state index is 0.00938. The van der Waals surface area contributed by atoms with Crippen molar-refractivity contribution >= 4 is 17.5 Å². The van der Waals surface area contributed by atoms with Gasteiger partial charge >= 0.3 is 11.8 Å². The number of rotatable bonds is 4. The van der Waals surface area contributed by atoms with Crippen molar-refractivity contribution in [3.63, 3.8) is 0 Å². The number of para-hydroxylation sites is 2. The largest absolute Gasteiger partial charge is 0.496 e. The lowest BCUT2D eigenvalue weighted by molar-refractivity contribution is -0.137. The van der Waals surface area contributed by atoms with Crippen LogP contribution in [-0.4, -0.2) is 31.5 Å². The molecule has 1 aliphatic rings.